The van der Waals surface area contributed by atoms with Crippen LogP contribution in [-0.2, 0) is 6.42 Å². The smallest absolute Gasteiger partial charge is 0.121 e. The van der Waals surface area contributed by atoms with Gasteiger partial charge in [0.25, 0.3) is 0 Å². The van der Waals surface area contributed by atoms with Crippen LogP contribution in [0.25, 0.3) is 11.0 Å². The van der Waals surface area contributed by atoms with Gasteiger partial charge >= 0.3 is 0 Å². The highest BCUT2D eigenvalue weighted by molar-refractivity contribution is 5.80. The number of fused-ring (bicyclic) bond motifs is 1. The molecule has 0 aliphatic rings. The highest BCUT2D eigenvalue weighted by Gasteiger charge is 2.06. The maximum Gasteiger partial charge on any atom is 0.121 e. The molecular weight excluding hydrogens is 178 g/mol. The van der Waals surface area contributed by atoms with Gasteiger partial charge in [-0.15, -0.1) is 0 Å². The molecule has 4 heteroatoms. The second kappa shape index (κ2) is 3.38. The zero-order valence-corrected chi connectivity index (χ0v) is 7.74. The fraction of sp³-hybridized carbons (Fsp3) is 0.200. The summed E-state index contributed by atoms with van der Waals surface area (Å²) in [5.74, 6) is 0.743. The molecule has 0 saturated heterocycles. The van der Waals surface area contributed by atoms with Gasteiger partial charge in [0.05, 0.1) is 37.0 Å². The first-order chi connectivity index (χ1) is 6.85. The molecule has 1 N–H and O–H groups in total. The van der Waals surface area contributed by atoms with Crippen molar-refractivity contribution in [3.63, 3.8) is 0 Å². The second-order valence-corrected chi connectivity index (χ2v) is 2.92. The van der Waals surface area contributed by atoms with Crippen molar-refractivity contribution in [2.75, 3.05) is 7.11 Å². The van der Waals surface area contributed by atoms with E-state index in [9.17, 15) is 0 Å². The van der Waals surface area contributed by atoms with Crippen LogP contribution in [0.3, 0.4) is 0 Å². The topological polar surface area (TPSA) is 61.7 Å². The standard InChI is InChI=1S/C10H9N3O/c1-14-8-4-7(2-3-11)10-9(5-8)12-6-13-10/h4-6H,2H2,1H3,(H,12,13). The third-order valence-corrected chi connectivity index (χ3v) is 2.08. The van der Waals surface area contributed by atoms with Crippen LogP contribution in [0, 0.1) is 11.3 Å². The minimum atomic E-state index is 0.346. The van der Waals surface area contributed by atoms with Crippen molar-refractivity contribution >= 4 is 11.0 Å². The van der Waals surface area contributed by atoms with Crippen LogP contribution in [0.4, 0.5) is 0 Å². The molecule has 70 valence electrons. The Kier molecular flexibility index (Phi) is 2.07. The fourth-order valence-corrected chi connectivity index (χ4v) is 1.43. The van der Waals surface area contributed by atoms with Gasteiger partial charge in [-0.1, -0.05) is 0 Å². The molecule has 4 nitrogen and oxygen atoms in total. The van der Waals surface area contributed by atoms with Gasteiger partial charge in [0, 0.05) is 6.07 Å². The van der Waals surface area contributed by atoms with Crippen LogP contribution >= 0.6 is 0 Å². The Morgan fingerprint density at radius 3 is 3.14 bits per heavy atom. The minimum absolute atomic E-state index is 0.346. The maximum absolute atomic E-state index is 8.65. The van der Waals surface area contributed by atoms with Crippen LogP contribution in [0.5, 0.6) is 5.75 Å². The van der Waals surface area contributed by atoms with Crippen LogP contribution in [0.15, 0.2) is 18.5 Å². The number of hydrogen-bond acceptors (Lipinski definition) is 3. The van der Waals surface area contributed by atoms with Crippen LogP contribution < -0.4 is 4.74 Å². The van der Waals surface area contributed by atoms with Crippen molar-refractivity contribution in [3.05, 3.63) is 24.0 Å². The van der Waals surface area contributed by atoms with E-state index in [1.165, 1.54) is 0 Å². The maximum atomic E-state index is 8.65. The molecule has 0 aliphatic carbocycles. The lowest BCUT2D eigenvalue weighted by molar-refractivity contribution is 0.415. The number of rotatable bonds is 2. The molecule has 0 atom stereocenters. The van der Waals surface area contributed by atoms with Crippen LogP contribution in [0.2, 0.25) is 0 Å². The zero-order chi connectivity index (χ0) is 9.97. The Balaban J connectivity index is 2.65. The molecule has 2 aromatic rings. The number of aromatic amines is 1. The summed E-state index contributed by atoms with van der Waals surface area (Å²) in [6, 6.07) is 5.81. The highest BCUT2D eigenvalue weighted by atomic mass is 16.5. The van der Waals surface area contributed by atoms with E-state index in [2.05, 4.69) is 16.0 Å². The second-order valence-electron chi connectivity index (χ2n) is 2.92. The van der Waals surface area contributed by atoms with E-state index in [1.54, 1.807) is 13.4 Å². The summed E-state index contributed by atoms with van der Waals surface area (Å²) in [5.41, 5.74) is 2.63. The lowest BCUT2D eigenvalue weighted by Gasteiger charge is -2.02. The third-order valence-electron chi connectivity index (χ3n) is 2.08. The van der Waals surface area contributed by atoms with Gasteiger partial charge < -0.3 is 9.72 Å². The fourth-order valence-electron chi connectivity index (χ4n) is 1.43. The Morgan fingerprint density at radius 2 is 2.43 bits per heavy atom. The number of nitrogens with one attached hydrogen (secondary N) is 1. The van der Waals surface area contributed by atoms with Gasteiger partial charge in [-0.05, 0) is 11.6 Å². The molecule has 0 fully saturated rings. The molecule has 0 radical (unpaired) electrons. The van der Waals surface area contributed by atoms with Gasteiger partial charge in [0.15, 0.2) is 0 Å². The van der Waals surface area contributed by atoms with Crippen molar-refractivity contribution in [1.29, 1.82) is 5.26 Å². The van der Waals surface area contributed by atoms with E-state index in [0.29, 0.717) is 6.42 Å². The van der Waals surface area contributed by atoms with Gasteiger partial charge in [0.2, 0.25) is 0 Å². The summed E-state index contributed by atoms with van der Waals surface area (Å²) in [5, 5.41) is 8.65. The molecular formula is C10H9N3O. The molecule has 0 bridgehead atoms. The number of H-pyrrole nitrogens is 1. The predicted octanol–water partition coefficient (Wildman–Crippen LogP) is 1.64. The number of hydrogen-bond donors (Lipinski definition) is 1. The van der Waals surface area contributed by atoms with Gasteiger partial charge in [-0.3, -0.25) is 0 Å². The van der Waals surface area contributed by atoms with Crippen molar-refractivity contribution < 1.29 is 4.74 Å². The summed E-state index contributed by atoms with van der Waals surface area (Å²) in [6.07, 6.45) is 1.96. The molecule has 0 spiro atoms. The summed E-state index contributed by atoms with van der Waals surface area (Å²) in [4.78, 5) is 7.14. The Hall–Kier alpha value is -2.02. The Bertz CT molecular complexity index is 496. The third kappa shape index (κ3) is 1.29. The van der Waals surface area contributed by atoms with E-state index < -0.39 is 0 Å². The molecule has 0 amide bonds. The monoisotopic (exact) mass is 187 g/mol. The van der Waals surface area contributed by atoms with Crippen molar-refractivity contribution in [2.45, 2.75) is 6.42 Å². The SMILES string of the molecule is COc1cc(CC#N)c2nc[nH]c2c1. The molecule has 2 rings (SSSR count). The van der Waals surface area contributed by atoms with E-state index in [0.717, 1.165) is 22.3 Å². The van der Waals surface area contributed by atoms with Gasteiger partial charge in [0.1, 0.15) is 5.75 Å². The number of methoxy groups -OCH3 is 1. The van der Waals surface area contributed by atoms with E-state index in [1.807, 2.05) is 12.1 Å². The number of imidazole rings is 1. The van der Waals surface area contributed by atoms with Crippen molar-refractivity contribution in [3.8, 4) is 11.8 Å². The Labute approximate surface area is 81.1 Å². The first-order valence-corrected chi connectivity index (χ1v) is 4.22. The lowest BCUT2D eigenvalue weighted by Crippen LogP contribution is -1.88. The number of aromatic nitrogens is 2. The molecule has 14 heavy (non-hydrogen) atoms. The quantitative estimate of drug-likeness (QED) is 0.777. The number of benzene rings is 1. The normalized spacial score (nSPS) is 10.0. The average Bonchev–Trinajstić information content (AvgIpc) is 2.66. The average molecular weight is 187 g/mol. The first-order valence-electron chi connectivity index (χ1n) is 4.22. The summed E-state index contributed by atoms with van der Waals surface area (Å²) < 4.78 is 5.12. The Morgan fingerprint density at radius 1 is 1.57 bits per heavy atom. The largest absolute Gasteiger partial charge is 0.497 e. The minimum Gasteiger partial charge on any atom is -0.497 e. The van der Waals surface area contributed by atoms with E-state index in [-0.39, 0.29) is 0 Å². The summed E-state index contributed by atoms with van der Waals surface area (Å²) in [6.45, 7) is 0. The summed E-state index contributed by atoms with van der Waals surface area (Å²) in [7, 11) is 1.60. The highest BCUT2D eigenvalue weighted by Crippen LogP contribution is 2.22. The van der Waals surface area contributed by atoms with Gasteiger partial charge in [-0.25, -0.2) is 4.98 Å². The number of nitriles is 1. The lowest BCUT2D eigenvalue weighted by atomic mass is 10.1. The molecule has 0 saturated carbocycles. The molecule has 1 heterocycles. The van der Waals surface area contributed by atoms with Crippen molar-refractivity contribution in [2.24, 2.45) is 0 Å². The predicted molar refractivity (Wildman–Crippen MR) is 52.0 cm³/mol. The van der Waals surface area contributed by atoms with Crippen molar-refractivity contribution in [1.82, 2.24) is 9.97 Å². The number of nitrogens with zero attached hydrogens (tertiary/aromatic N) is 2. The zero-order valence-electron chi connectivity index (χ0n) is 7.74. The van der Waals surface area contributed by atoms with Gasteiger partial charge in [-0.2, -0.15) is 5.26 Å². The number of ether oxygens (including phenoxy) is 1. The van der Waals surface area contributed by atoms with E-state index in [4.69, 9.17) is 10.00 Å². The molecule has 1 aromatic carbocycles. The summed E-state index contributed by atoms with van der Waals surface area (Å²) >= 11 is 0. The molecule has 1 aromatic heterocycles. The van der Waals surface area contributed by atoms with Crippen LogP contribution in [-0.4, -0.2) is 17.1 Å². The van der Waals surface area contributed by atoms with E-state index >= 15 is 0 Å². The van der Waals surface area contributed by atoms with Crippen LogP contribution in [0.1, 0.15) is 5.56 Å². The molecule has 0 aliphatic heterocycles. The molecule has 0 unspecified atom stereocenters. The first kappa shape index (κ1) is 8.57.